The highest BCUT2D eigenvalue weighted by Crippen LogP contribution is 2.38. The second-order valence-corrected chi connectivity index (χ2v) is 8.80. The summed E-state index contributed by atoms with van der Waals surface area (Å²) in [6, 6.07) is 7.64. The predicted octanol–water partition coefficient (Wildman–Crippen LogP) is 1.34. The van der Waals surface area contributed by atoms with Gasteiger partial charge in [0.15, 0.2) is 5.17 Å². The molecule has 1 N–H and O–H groups in total. The van der Waals surface area contributed by atoms with Crippen LogP contribution in [0.25, 0.3) is 0 Å². The fraction of sp³-hybridized carbons (Fsp3) is 0.500. The summed E-state index contributed by atoms with van der Waals surface area (Å²) in [7, 11) is 1.60. The minimum Gasteiger partial charge on any atom is -1.00 e. The number of rotatable bonds is 5. The molecule has 0 aromatic heterocycles. The van der Waals surface area contributed by atoms with Gasteiger partial charge in [-0.25, -0.2) is 0 Å². The van der Waals surface area contributed by atoms with E-state index < -0.39 is 0 Å². The molecule has 0 radical (unpaired) electrons. The highest BCUT2D eigenvalue weighted by atomic mass is 79.9. The van der Waals surface area contributed by atoms with E-state index in [1.165, 1.54) is 30.7 Å². The number of anilines is 1. The molecule has 8 heteroatoms. The Kier molecular flexibility index (Phi) is 7.99. The fourth-order valence-corrected chi connectivity index (χ4v) is 5.30. The van der Waals surface area contributed by atoms with E-state index in [9.17, 15) is 9.59 Å². The molecule has 162 valence electrons. The SMILES string of the molecule is COc1ccc(NC(=O)/C=C2\SC(=NC3CCCC3)N(C3CCCC3)C2=O)cc1.[Br-]. The molecule has 0 unspecified atom stereocenters. The van der Waals surface area contributed by atoms with Crippen LogP contribution in [-0.4, -0.2) is 41.1 Å². The number of methoxy groups -OCH3 is 1. The molecule has 1 aromatic rings. The largest absolute Gasteiger partial charge is 1.00 e. The molecule has 4 rings (SSSR count). The Bertz CT molecular complexity index is 829. The molecule has 1 saturated heterocycles. The van der Waals surface area contributed by atoms with Crippen LogP contribution < -0.4 is 27.0 Å². The molecule has 1 heterocycles. The maximum Gasteiger partial charge on any atom is 0.267 e. The molecular weight excluding hydrogens is 466 g/mol. The molecule has 6 nitrogen and oxygen atoms in total. The van der Waals surface area contributed by atoms with E-state index in [2.05, 4.69) is 5.32 Å². The molecule has 1 aromatic carbocycles. The van der Waals surface area contributed by atoms with Crippen molar-refractivity contribution in [2.24, 2.45) is 4.99 Å². The molecule has 30 heavy (non-hydrogen) atoms. The fourth-order valence-electron chi connectivity index (χ4n) is 4.22. The van der Waals surface area contributed by atoms with Crippen LogP contribution in [0, 0.1) is 0 Å². The number of carbonyl (C=O) groups excluding carboxylic acids is 2. The van der Waals surface area contributed by atoms with E-state index in [1.807, 2.05) is 4.90 Å². The molecule has 0 bridgehead atoms. The van der Waals surface area contributed by atoms with Gasteiger partial charge in [0.05, 0.1) is 18.1 Å². The number of hydrogen-bond acceptors (Lipinski definition) is 5. The van der Waals surface area contributed by atoms with Crippen LogP contribution in [-0.2, 0) is 9.59 Å². The lowest BCUT2D eigenvalue weighted by Gasteiger charge is -2.23. The topological polar surface area (TPSA) is 71.0 Å². The van der Waals surface area contributed by atoms with Gasteiger partial charge in [-0.1, -0.05) is 25.7 Å². The smallest absolute Gasteiger partial charge is 0.267 e. The second kappa shape index (κ2) is 10.5. The number of benzene rings is 1. The van der Waals surface area contributed by atoms with E-state index in [4.69, 9.17) is 9.73 Å². The molecule has 0 atom stereocenters. The lowest BCUT2D eigenvalue weighted by Crippen LogP contribution is -3.00. The number of hydrogen-bond donors (Lipinski definition) is 1. The summed E-state index contributed by atoms with van der Waals surface area (Å²) in [4.78, 5) is 32.8. The quantitative estimate of drug-likeness (QED) is 0.629. The zero-order valence-corrected chi connectivity index (χ0v) is 19.5. The maximum atomic E-state index is 13.1. The summed E-state index contributed by atoms with van der Waals surface area (Å²) in [5, 5.41) is 3.61. The highest BCUT2D eigenvalue weighted by Gasteiger charge is 2.40. The lowest BCUT2D eigenvalue weighted by atomic mass is 10.2. The summed E-state index contributed by atoms with van der Waals surface area (Å²) in [5.74, 6) is 0.339. The molecule has 2 saturated carbocycles. The Morgan fingerprint density at radius 2 is 1.77 bits per heavy atom. The number of amides is 2. The van der Waals surface area contributed by atoms with Gasteiger partial charge in [0, 0.05) is 17.8 Å². The van der Waals surface area contributed by atoms with Crippen molar-refractivity contribution in [2.75, 3.05) is 12.4 Å². The van der Waals surface area contributed by atoms with Crippen LogP contribution >= 0.6 is 11.8 Å². The number of carbonyl (C=O) groups is 2. The Hall–Kier alpha value is -1.80. The van der Waals surface area contributed by atoms with E-state index >= 15 is 0 Å². The Morgan fingerprint density at radius 3 is 2.40 bits per heavy atom. The van der Waals surface area contributed by atoms with Crippen LogP contribution in [0.2, 0.25) is 0 Å². The first-order valence-electron chi connectivity index (χ1n) is 10.4. The number of nitrogens with one attached hydrogen (secondary N) is 1. The van der Waals surface area contributed by atoms with Crippen molar-refractivity contribution < 1.29 is 31.3 Å². The van der Waals surface area contributed by atoms with Crippen molar-refractivity contribution in [3.63, 3.8) is 0 Å². The first-order valence-corrected chi connectivity index (χ1v) is 11.2. The molecule has 1 aliphatic heterocycles. The van der Waals surface area contributed by atoms with Crippen molar-refractivity contribution in [1.29, 1.82) is 0 Å². The number of halogens is 1. The first kappa shape index (κ1) is 22.9. The minimum atomic E-state index is -0.306. The van der Waals surface area contributed by atoms with Gasteiger partial charge >= 0.3 is 0 Å². The third-order valence-corrected chi connectivity index (χ3v) is 6.76. The number of aliphatic imine (C=N–C) groups is 1. The second-order valence-electron chi connectivity index (χ2n) is 7.79. The van der Waals surface area contributed by atoms with Gasteiger partial charge in [0.2, 0.25) is 5.91 Å². The lowest BCUT2D eigenvalue weighted by molar-refractivity contribution is -0.124. The highest BCUT2D eigenvalue weighted by molar-refractivity contribution is 8.18. The van der Waals surface area contributed by atoms with Crippen LogP contribution in [0.15, 0.2) is 40.2 Å². The number of ether oxygens (including phenoxy) is 1. The Morgan fingerprint density at radius 1 is 1.13 bits per heavy atom. The van der Waals surface area contributed by atoms with Crippen molar-refractivity contribution in [3.8, 4) is 5.75 Å². The van der Waals surface area contributed by atoms with Crippen molar-refractivity contribution in [2.45, 2.75) is 63.5 Å². The van der Waals surface area contributed by atoms with E-state index in [0.29, 0.717) is 16.6 Å². The van der Waals surface area contributed by atoms with E-state index in [-0.39, 0.29) is 34.8 Å². The average molecular weight is 493 g/mol. The van der Waals surface area contributed by atoms with Gasteiger partial charge in [-0.2, -0.15) is 0 Å². The molecular formula is C22H27BrN3O3S-. The summed E-state index contributed by atoms with van der Waals surface area (Å²) in [6.07, 6.45) is 10.3. The predicted molar refractivity (Wildman–Crippen MR) is 116 cm³/mol. The number of amidine groups is 1. The third kappa shape index (κ3) is 5.27. The average Bonchev–Trinajstić information content (AvgIpc) is 3.46. The van der Waals surface area contributed by atoms with Crippen LogP contribution in [0.5, 0.6) is 5.75 Å². The monoisotopic (exact) mass is 492 g/mol. The summed E-state index contributed by atoms with van der Waals surface area (Å²) < 4.78 is 5.13. The van der Waals surface area contributed by atoms with Gasteiger partial charge < -0.3 is 27.0 Å². The first-order chi connectivity index (χ1) is 14.1. The zero-order chi connectivity index (χ0) is 20.2. The molecule has 2 aliphatic carbocycles. The number of thioether (sulfide) groups is 1. The van der Waals surface area contributed by atoms with E-state index in [0.717, 1.165) is 49.4 Å². The summed E-state index contributed by atoms with van der Waals surface area (Å²) in [5.41, 5.74) is 0.663. The van der Waals surface area contributed by atoms with Crippen molar-refractivity contribution in [1.82, 2.24) is 4.90 Å². The Labute approximate surface area is 192 Å². The van der Waals surface area contributed by atoms with Gasteiger partial charge in [0.25, 0.3) is 5.91 Å². The molecule has 3 aliphatic rings. The van der Waals surface area contributed by atoms with Gasteiger partial charge in [-0.15, -0.1) is 0 Å². The van der Waals surface area contributed by atoms with Crippen LogP contribution in [0.3, 0.4) is 0 Å². The zero-order valence-electron chi connectivity index (χ0n) is 17.1. The maximum absolute atomic E-state index is 13.1. The molecule has 3 fully saturated rings. The normalized spacial score (nSPS) is 22.7. The Balaban J connectivity index is 0.00000256. The van der Waals surface area contributed by atoms with Crippen LogP contribution in [0.1, 0.15) is 51.4 Å². The summed E-state index contributed by atoms with van der Waals surface area (Å²) >= 11 is 1.35. The van der Waals surface area contributed by atoms with Gasteiger partial charge in [0.1, 0.15) is 5.75 Å². The molecule has 2 amide bonds. The standard InChI is InChI=1S/C22H27N3O3S.BrH/c1-28-18-12-10-16(11-13-18)23-20(26)14-19-21(27)25(17-8-4-5-9-17)22(29-19)24-15-6-2-3-7-15;/h10-15,17H,2-9H2,1H3,(H,23,26);1H/p-1/b19-14-,24-22?;. The summed E-state index contributed by atoms with van der Waals surface area (Å²) in [6.45, 7) is 0. The molecule has 0 spiro atoms. The third-order valence-electron chi connectivity index (χ3n) is 5.76. The van der Waals surface area contributed by atoms with Gasteiger partial charge in [-0.3, -0.25) is 19.5 Å². The van der Waals surface area contributed by atoms with Crippen LogP contribution in [0.4, 0.5) is 5.69 Å². The van der Waals surface area contributed by atoms with Crippen molar-refractivity contribution in [3.05, 3.63) is 35.2 Å². The van der Waals surface area contributed by atoms with Crippen molar-refractivity contribution >= 4 is 34.4 Å². The van der Waals surface area contributed by atoms with E-state index in [1.54, 1.807) is 31.4 Å². The number of nitrogens with zero attached hydrogens (tertiary/aromatic N) is 2. The minimum absolute atomic E-state index is 0. The van der Waals surface area contributed by atoms with Gasteiger partial charge in [-0.05, 0) is 61.7 Å².